The zero-order valence-electron chi connectivity index (χ0n) is 11.3. The minimum Gasteiger partial charge on any atom is -0.391 e. The molecular formula is C14H21ClN2O2. The van der Waals surface area contributed by atoms with Gasteiger partial charge < -0.3 is 15.7 Å². The third-order valence-electron chi connectivity index (χ3n) is 2.58. The molecule has 0 heterocycles. The van der Waals surface area contributed by atoms with Crippen molar-refractivity contribution >= 4 is 17.6 Å². The van der Waals surface area contributed by atoms with Gasteiger partial charge in [0, 0.05) is 18.1 Å². The van der Waals surface area contributed by atoms with E-state index in [9.17, 15) is 9.90 Å². The minimum atomic E-state index is -0.503. The summed E-state index contributed by atoms with van der Waals surface area (Å²) in [7, 11) is 0. The van der Waals surface area contributed by atoms with E-state index in [2.05, 4.69) is 10.6 Å². The Morgan fingerprint density at radius 3 is 2.74 bits per heavy atom. The van der Waals surface area contributed by atoms with E-state index in [-0.39, 0.29) is 12.6 Å². The van der Waals surface area contributed by atoms with Crippen LogP contribution < -0.4 is 10.6 Å². The lowest BCUT2D eigenvalue weighted by Gasteiger charge is -2.14. The normalized spacial score (nSPS) is 12.3. The molecule has 1 rings (SSSR count). The first kappa shape index (κ1) is 15.8. The number of rotatable bonds is 6. The van der Waals surface area contributed by atoms with Crippen LogP contribution in [0.15, 0.2) is 24.3 Å². The zero-order chi connectivity index (χ0) is 14.3. The highest BCUT2D eigenvalue weighted by atomic mass is 35.5. The third-order valence-corrected chi connectivity index (χ3v) is 2.82. The van der Waals surface area contributed by atoms with E-state index >= 15 is 0 Å². The highest BCUT2D eigenvalue weighted by Crippen LogP contribution is 2.10. The molecule has 3 N–H and O–H groups in total. The zero-order valence-corrected chi connectivity index (χ0v) is 12.1. The average Bonchev–Trinajstić information content (AvgIpc) is 2.33. The maximum Gasteiger partial charge on any atom is 0.315 e. The molecular weight excluding hydrogens is 264 g/mol. The maximum atomic E-state index is 11.5. The Morgan fingerprint density at radius 2 is 2.11 bits per heavy atom. The van der Waals surface area contributed by atoms with E-state index in [1.165, 1.54) is 0 Å². The summed E-state index contributed by atoms with van der Waals surface area (Å²) in [5.41, 5.74) is 0.936. The predicted molar refractivity (Wildman–Crippen MR) is 77.2 cm³/mol. The first-order valence-electron chi connectivity index (χ1n) is 6.41. The second-order valence-electron chi connectivity index (χ2n) is 4.98. The fourth-order valence-corrected chi connectivity index (χ4v) is 1.94. The lowest BCUT2D eigenvalue weighted by atomic mass is 10.1. The summed E-state index contributed by atoms with van der Waals surface area (Å²) in [5.74, 6) is 0.409. The van der Waals surface area contributed by atoms with Crippen LogP contribution in [0, 0.1) is 5.92 Å². The number of aliphatic hydroxyl groups is 1. The fourth-order valence-electron chi connectivity index (χ4n) is 1.73. The Bertz CT molecular complexity index is 410. The van der Waals surface area contributed by atoms with Crippen molar-refractivity contribution in [1.29, 1.82) is 0 Å². The van der Waals surface area contributed by atoms with Crippen LogP contribution in [0.1, 0.15) is 25.8 Å². The molecule has 1 unspecified atom stereocenters. The molecule has 0 radical (unpaired) electrons. The van der Waals surface area contributed by atoms with Crippen molar-refractivity contribution in [2.45, 2.75) is 32.9 Å². The van der Waals surface area contributed by atoms with Gasteiger partial charge in [0.25, 0.3) is 0 Å². The van der Waals surface area contributed by atoms with E-state index < -0.39 is 6.10 Å². The molecule has 0 aliphatic heterocycles. The van der Waals surface area contributed by atoms with Crippen LogP contribution in [0.25, 0.3) is 0 Å². The van der Waals surface area contributed by atoms with Gasteiger partial charge in [0.05, 0.1) is 6.10 Å². The van der Waals surface area contributed by atoms with Crippen molar-refractivity contribution in [1.82, 2.24) is 10.6 Å². The summed E-state index contributed by atoms with van der Waals surface area (Å²) in [5, 5.41) is 15.6. The molecule has 0 aliphatic carbocycles. The molecule has 0 saturated heterocycles. The first-order valence-corrected chi connectivity index (χ1v) is 6.79. The number of nitrogens with one attached hydrogen (secondary N) is 2. The minimum absolute atomic E-state index is 0.263. The van der Waals surface area contributed by atoms with Crippen molar-refractivity contribution in [3.63, 3.8) is 0 Å². The van der Waals surface area contributed by atoms with Gasteiger partial charge >= 0.3 is 6.03 Å². The number of urea groups is 1. The summed E-state index contributed by atoms with van der Waals surface area (Å²) in [6.45, 7) is 4.73. The molecule has 5 heteroatoms. The van der Waals surface area contributed by atoms with Gasteiger partial charge in [-0.05, 0) is 30.0 Å². The van der Waals surface area contributed by atoms with Crippen LogP contribution in [0.5, 0.6) is 0 Å². The predicted octanol–water partition coefficient (Wildman–Crippen LogP) is 2.55. The molecule has 2 amide bonds. The third kappa shape index (κ3) is 7.03. The topological polar surface area (TPSA) is 61.4 Å². The van der Waals surface area contributed by atoms with Gasteiger partial charge in [0.2, 0.25) is 0 Å². The van der Waals surface area contributed by atoms with Crippen LogP contribution in [-0.4, -0.2) is 23.8 Å². The van der Waals surface area contributed by atoms with Gasteiger partial charge in [-0.15, -0.1) is 0 Å². The number of aliphatic hydroxyl groups excluding tert-OH is 1. The van der Waals surface area contributed by atoms with Crippen LogP contribution in [0.3, 0.4) is 0 Å². The quantitative estimate of drug-likeness (QED) is 0.752. The number of hydrogen-bond acceptors (Lipinski definition) is 2. The molecule has 0 aliphatic rings. The average molecular weight is 285 g/mol. The summed E-state index contributed by atoms with van der Waals surface area (Å²) < 4.78 is 0. The van der Waals surface area contributed by atoms with Gasteiger partial charge in [-0.1, -0.05) is 37.6 Å². The Kier molecular flexibility index (Phi) is 6.67. The summed E-state index contributed by atoms with van der Waals surface area (Å²) in [4.78, 5) is 11.5. The number of benzene rings is 1. The molecule has 1 atom stereocenters. The molecule has 0 saturated carbocycles. The molecule has 4 nitrogen and oxygen atoms in total. The highest BCUT2D eigenvalue weighted by molar-refractivity contribution is 6.30. The van der Waals surface area contributed by atoms with Crippen molar-refractivity contribution in [3.8, 4) is 0 Å². The monoisotopic (exact) mass is 284 g/mol. The standard InChI is InChI=1S/C14H21ClN2O2/c1-10(2)6-13(18)9-17-14(19)16-8-11-4-3-5-12(15)7-11/h3-5,7,10,13,18H,6,8-9H2,1-2H3,(H2,16,17,19). The lowest BCUT2D eigenvalue weighted by molar-refractivity contribution is 0.147. The molecule has 1 aromatic rings. The number of carbonyl (C=O) groups excluding carboxylic acids is 1. The van der Waals surface area contributed by atoms with Crippen molar-refractivity contribution in [2.75, 3.05) is 6.54 Å². The van der Waals surface area contributed by atoms with E-state index in [0.717, 1.165) is 5.56 Å². The number of halogens is 1. The first-order chi connectivity index (χ1) is 8.97. The lowest BCUT2D eigenvalue weighted by Crippen LogP contribution is -2.39. The Labute approximate surface area is 119 Å². The summed E-state index contributed by atoms with van der Waals surface area (Å²) >= 11 is 5.85. The number of carbonyl (C=O) groups is 1. The molecule has 0 bridgehead atoms. The van der Waals surface area contributed by atoms with Crippen LogP contribution in [0.2, 0.25) is 5.02 Å². The Balaban J connectivity index is 2.25. The van der Waals surface area contributed by atoms with Gasteiger partial charge in [-0.2, -0.15) is 0 Å². The van der Waals surface area contributed by atoms with E-state index in [4.69, 9.17) is 11.6 Å². The molecule has 19 heavy (non-hydrogen) atoms. The maximum absolute atomic E-state index is 11.5. The van der Waals surface area contributed by atoms with Crippen LogP contribution >= 0.6 is 11.6 Å². The van der Waals surface area contributed by atoms with E-state index in [0.29, 0.717) is 23.9 Å². The number of amides is 2. The van der Waals surface area contributed by atoms with Crippen LogP contribution in [0.4, 0.5) is 4.79 Å². The van der Waals surface area contributed by atoms with Gasteiger partial charge in [0.1, 0.15) is 0 Å². The Morgan fingerprint density at radius 1 is 1.37 bits per heavy atom. The number of hydrogen-bond donors (Lipinski definition) is 3. The van der Waals surface area contributed by atoms with Gasteiger partial charge in [-0.25, -0.2) is 4.79 Å². The fraction of sp³-hybridized carbons (Fsp3) is 0.500. The van der Waals surface area contributed by atoms with Crippen molar-refractivity contribution in [2.24, 2.45) is 5.92 Å². The second kappa shape index (κ2) is 8.02. The van der Waals surface area contributed by atoms with Gasteiger partial charge in [0.15, 0.2) is 0 Å². The second-order valence-corrected chi connectivity index (χ2v) is 5.41. The molecule has 1 aromatic carbocycles. The molecule has 0 fully saturated rings. The highest BCUT2D eigenvalue weighted by Gasteiger charge is 2.08. The molecule has 0 aromatic heterocycles. The van der Waals surface area contributed by atoms with Gasteiger partial charge in [-0.3, -0.25) is 0 Å². The van der Waals surface area contributed by atoms with E-state index in [1.54, 1.807) is 12.1 Å². The van der Waals surface area contributed by atoms with E-state index in [1.807, 2.05) is 26.0 Å². The summed E-state index contributed by atoms with van der Waals surface area (Å²) in [6.07, 6.45) is 0.172. The Hall–Kier alpha value is -1.26. The molecule has 0 spiro atoms. The largest absolute Gasteiger partial charge is 0.391 e. The molecule has 106 valence electrons. The summed E-state index contributed by atoms with van der Waals surface area (Å²) in [6, 6.07) is 7.02. The SMILES string of the molecule is CC(C)CC(O)CNC(=O)NCc1cccc(Cl)c1. The smallest absolute Gasteiger partial charge is 0.315 e. The van der Waals surface area contributed by atoms with Crippen molar-refractivity contribution in [3.05, 3.63) is 34.9 Å². The van der Waals surface area contributed by atoms with Crippen LogP contribution in [-0.2, 0) is 6.54 Å². The van der Waals surface area contributed by atoms with Crippen molar-refractivity contribution < 1.29 is 9.90 Å².